The fourth-order valence-electron chi connectivity index (χ4n) is 2.39. The smallest absolute Gasteiger partial charge is 0.436 e. The second kappa shape index (κ2) is 11.7. The number of nitrogens with zero attached hydrogens (tertiary/aromatic N) is 1. The predicted octanol–water partition coefficient (Wildman–Crippen LogP) is 3.40. The van der Waals surface area contributed by atoms with Crippen LogP contribution in [0.4, 0.5) is 21.0 Å². The normalized spacial score (nSPS) is 11.8. The number of hydrogen-bond donors (Lipinski definition) is 3. The highest BCUT2D eigenvalue weighted by molar-refractivity contribution is 7.91. The molecule has 32 heavy (non-hydrogen) atoms. The Morgan fingerprint density at radius 1 is 0.969 bits per heavy atom. The van der Waals surface area contributed by atoms with E-state index in [1.807, 2.05) is 19.1 Å². The summed E-state index contributed by atoms with van der Waals surface area (Å²) in [6.45, 7) is 3.61. The lowest BCUT2D eigenvalue weighted by Crippen LogP contribution is -2.36. The molecule has 10 nitrogen and oxygen atoms in total. The van der Waals surface area contributed by atoms with Crippen LogP contribution in [-0.4, -0.2) is 42.8 Å². The van der Waals surface area contributed by atoms with Crippen molar-refractivity contribution in [2.24, 2.45) is 4.99 Å². The standard InChI is InChI=1S/C21H24N4O6S/c1-5-18(26)22-17-12-15(32(29)14-8-6-13(2)7-9-14)10-11-16(17)23-19(24-20(27)30-3)25-21(28)31-4/h6-12H,5H2,1-4H3,(H,22,26)(H2,23,24,25,27,28). The van der Waals surface area contributed by atoms with E-state index in [1.165, 1.54) is 0 Å². The van der Waals surface area contributed by atoms with Crippen LogP contribution in [-0.2, 0) is 25.4 Å². The molecular formula is C21H24N4O6S. The molecule has 2 aromatic carbocycles. The van der Waals surface area contributed by atoms with Gasteiger partial charge in [0.05, 0.1) is 25.6 Å². The highest BCUT2D eigenvalue weighted by atomic mass is 32.2. The third-order valence-corrected chi connectivity index (χ3v) is 5.45. The first-order valence-corrected chi connectivity index (χ1v) is 10.6. The molecule has 0 heterocycles. The van der Waals surface area contributed by atoms with Crippen LogP contribution >= 0.6 is 0 Å². The Bertz CT molecular complexity index is 1010. The predicted molar refractivity (Wildman–Crippen MR) is 120 cm³/mol. The van der Waals surface area contributed by atoms with Crippen LogP contribution in [0.5, 0.6) is 0 Å². The van der Waals surface area contributed by atoms with E-state index in [1.54, 1.807) is 37.3 Å². The molecule has 170 valence electrons. The minimum absolute atomic E-state index is 0.203. The number of aryl methyl sites for hydroxylation is 1. The van der Waals surface area contributed by atoms with Gasteiger partial charge in [-0.15, -0.1) is 4.99 Å². The third-order valence-electron chi connectivity index (χ3n) is 4.07. The van der Waals surface area contributed by atoms with Gasteiger partial charge in [-0.3, -0.25) is 10.1 Å². The van der Waals surface area contributed by atoms with Crippen molar-refractivity contribution < 1.29 is 28.4 Å². The van der Waals surface area contributed by atoms with E-state index < -0.39 is 23.4 Å². The summed E-state index contributed by atoms with van der Waals surface area (Å²) in [6, 6.07) is 11.9. The van der Waals surface area contributed by atoms with Crippen LogP contribution in [0.25, 0.3) is 0 Å². The minimum atomic E-state index is -1.50. The largest absolute Gasteiger partial charge is 0.606 e. The van der Waals surface area contributed by atoms with E-state index in [0.717, 1.165) is 19.8 Å². The summed E-state index contributed by atoms with van der Waals surface area (Å²) in [6.07, 6.45) is -1.65. The third kappa shape index (κ3) is 7.00. The first-order valence-electron chi connectivity index (χ1n) is 9.48. The molecule has 0 aromatic heterocycles. The maximum atomic E-state index is 13.0. The number of guanidine groups is 1. The van der Waals surface area contributed by atoms with Gasteiger partial charge in [-0.1, -0.05) is 24.6 Å². The average Bonchev–Trinajstić information content (AvgIpc) is 2.79. The average molecular weight is 461 g/mol. The fraction of sp³-hybridized carbons (Fsp3) is 0.238. The molecule has 11 heteroatoms. The van der Waals surface area contributed by atoms with Gasteiger partial charge in [0.2, 0.25) is 11.9 Å². The van der Waals surface area contributed by atoms with Crippen LogP contribution < -0.4 is 16.0 Å². The maximum Gasteiger partial charge on any atom is 0.436 e. The molecular weight excluding hydrogens is 436 g/mol. The van der Waals surface area contributed by atoms with Gasteiger partial charge < -0.3 is 24.7 Å². The number of carbonyl (C=O) groups excluding carboxylic acids is 3. The van der Waals surface area contributed by atoms with Crippen LogP contribution in [0.2, 0.25) is 0 Å². The van der Waals surface area contributed by atoms with Gasteiger partial charge in [-0.2, -0.15) is 0 Å². The topological polar surface area (TPSA) is 141 Å². The maximum absolute atomic E-state index is 13.0. The van der Waals surface area contributed by atoms with E-state index in [-0.39, 0.29) is 29.7 Å². The van der Waals surface area contributed by atoms with Crippen molar-refractivity contribution in [2.75, 3.05) is 24.9 Å². The molecule has 1 unspecified atom stereocenters. The molecule has 2 aromatic rings. The summed E-state index contributed by atoms with van der Waals surface area (Å²) in [4.78, 5) is 39.8. The second-order valence-electron chi connectivity index (χ2n) is 6.36. The zero-order valence-corrected chi connectivity index (χ0v) is 18.9. The molecule has 0 aliphatic rings. The SMILES string of the molecule is CCC(=O)Nc1cc([S+]([O-])c2ccc(C)cc2)ccc1NC(=NC(=O)OC)NC(=O)OC. The molecule has 1 atom stereocenters. The minimum Gasteiger partial charge on any atom is -0.606 e. The van der Waals surface area contributed by atoms with E-state index in [2.05, 4.69) is 30.4 Å². The summed E-state index contributed by atoms with van der Waals surface area (Å²) in [5.74, 6) is -0.582. The number of hydrogen-bond acceptors (Lipinski definition) is 6. The highest BCUT2D eigenvalue weighted by Crippen LogP contribution is 2.29. The lowest BCUT2D eigenvalue weighted by atomic mass is 10.2. The summed E-state index contributed by atoms with van der Waals surface area (Å²) in [5.41, 5.74) is 1.60. The number of carbonyl (C=O) groups is 3. The lowest BCUT2D eigenvalue weighted by Gasteiger charge is -2.17. The van der Waals surface area contributed by atoms with Crippen molar-refractivity contribution in [3.8, 4) is 0 Å². The Balaban J connectivity index is 2.42. The molecule has 2 rings (SSSR count). The van der Waals surface area contributed by atoms with Crippen LogP contribution in [0.3, 0.4) is 0 Å². The zero-order chi connectivity index (χ0) is 23.7. The molecule has 3 N–H and O–H groups in total. The van der Waals surface area contributed by atoms with Crippen molar-refractivity contribution >= 4 is 46.6 Å². The van der Waals surface area contributed by atoms with Gasteiger partial charge >= 0.3 is 12.2 Å². The molecule has 0 bridgehead atoms. The molecule has 3 amide bonds. The number of aliphatic imine (C=N–C) groups is 1. The summed E-state index contributed by atoms with van der Waals surface area (Å²) < 4.78 is 22.0. The van der Waals surface area contributed by atoms with Crippen molar-refractivity contribution in [2.45, 2.75) is 30.1 Å². The van der Waals surface area contributed by atoms with Gasteiger partial charge in [0.15, 0.2) is 9.79 Å². The molecule has 0 radical (unpaired) electrons. The van der Waals surface area contributed by atoms with Crippen molar-refractivity contribution in [1.29, 1.82) is 0 Å². The second-order valence-corrected chi connectivity index (χ2v) is 7.84. The summed E-state index contributed by atoms with van der Waals surface area (Å²) in [7, 11) is 2.27. The van der Waals surface area contributed by atoms with Crippen LogP contribution in [0.1, 0.15) is 18.9 Å². The molecule has 0 aliphatic carbocycles. The quantitative estimate of drug-likeness (QED) is 0.353. The van der Waals surface area contributed by atoms with Gasteiger partial charge in [0.25, 0.3) is 0 Å². The molecule has 0 fully saturated rings. The molecule has 0 saturated carbocycles. The highest BCUT2D eigenvalue weighted by Gasteiger charge is 2.19. The first kappa shape index (κ1) is 24.7. The Morgan fingerprint density at radius 2 is 1.62 bits per heavy atom. The number of anilines is 2. The van der Waals surface area contributed by atoms with E-state index >= 15 is 0 Å². The monoisotopic (exact) mass is 460 g/mol. The number of methoxy groups -OCH3 is 2. The number of nitrogens with one attached hydrogen (secondary N) is 3. The zero-order valence-electron chi connectivity index (χ0n) is 18.1. The molecule has 0 aliphatic heterocycles. The van der Waals surface area contributed by atoms with Gasteiger partial charge in [0, 0.05) is 23.7 Å². The number of rotatable bonds is 5. The Labute approximate surface area is 188 Å². The fourth-order valence-corrected chi connectivity index (χ4v) is 3.46. The van der Waals surface area contributed by atoms with Gasteiger partial charge in [-0.05, 0) is 31.2 Å². The van der Waals surface area contributed by atoms with Crippen LogP contribution in [0, 0.1) is 6.92 Å². The van der Waals surface area contributed by atoms with Crippen LogP contribution in [0.15, 0.2) is 57.2 Å². The Hall–Kier alpha value is -3.57. The number of amides is 3. The van der Waals surface area contributed by atoms with E-state index in [4.69, 9.17) is 0 Å². The van der Waals surface area contributed by atoms with Gasteiger partial charge in [-0.25, -0.2) is 9.59 Å². The van der Waals surface area contributed by atoms with E-state index in [0.29, 0.717) is 9.79 Å². The first-order chi connectivity index (χ1) is 15.3. The molecule has 0 saturated heterocycles. The number of ether oxygens (including phenoxy) is 2. The number of benzene rings is 2. The Morgan fingerprint density at radius 3 is 2.22 bits per heavy atom. The van der Waals surface area contributed by atoms with Crippen molar-refractivity contribution in [3.05, 3.63) is 48.0 Å². The summed E-state index contributed by atoms with van der Waals surface area (Å²) >= 11 is -1.50. The number of alkyl carbamates (subject to hydrolysis) is 1. The summed E-state index contributed by atoms with van der Waals surface area (Å²) in [5, 5.41) is 7.70. The Kier molecular flexibility index (Phi) is 9.05. The van der Waals surface area contributed by atoms with Gasteiger partial charge in [0.1, 0.15) is 0 Å². The van der Waals surface area contributed by atoms with Crippen molar-refractivity contribution in [3.63, 3.8) is 0 Å². The lowest BCUT2D eigenvalue weighted by molar-refractivity contribution is -0.115. The van der Waals surface area contributed by atoms with E-state index in [9.17, 15) is 18.9 Å². The molecule has 0 spiro atoms. The van der Waals surface area contributed by atoms with Crippen molar-refractivity contribution in [1.82, 2.24) is 5.32 Å².